The van der Waals surface area contributed by atoms with E-state index in [0.717, 1.165) is 16.7 Å². The van der Waals surface area contributed by atoms with Crippen LogP contribution in [0.1, 0.15) is 17.3 Å². The second-order valence-electron chi connectivity index (χ2n) is 4.79. The predicted octanol–water partition coefficient (Wildman–Crippen LogP) is 4.79. The van der Waals surface area contributed by atoms with Crippen LogP contribution in [0.3, 0.4) is 0 Å². The van der Waals surface area contributed by atoms with Crippen LogP contribution in [-0.2, 0) is 4.74 Å². The van der Waals surface area contributed by atoms with Crippen LogP contribution in [0.2, 0.25) is 10.0 Å². The molecule has 118 valence electrons. The average molecular weight is 350 g/mol. The fourth-order valence-electron chi connectivity index (χ4n) is 2.12. The van der Waals surface area contributed by atoms with Gasteiger partial charge in [-0.1, -0.05) is 23.2 Å². The Labute approximate surface area is 142 Å². The normalized spacial score (nSPS) is 10.7. The first kappa shape index (κ1) is 15.6. The van der Waals surface area contributed by atoms with E-state index in [4.69, 9.17) is 27.9 Å². The van der Waals surface area contributed by atoms with Gasteiger partial charge in [-0.3, -0.25) is 0 Å². The first-order valence-corrected chi connectivity index (χ1v) is 7.71. The van der Waals surface area contributed by atoms with Gasteiger partial charge < -0.3 is 15.0 Å². The maximum Gasteiger partial charge on any atom is 0.338 e. The van der Waals surface area contributed by atoms with Gasteiger partial charge in [-0.15, -0.1) is 0 Å². The Morgan fingerprint density at radius 1 is 1.22 bits per heavy atom. The molecule has 0 aliphatic heterocycles. The SMILES string of the molecule is CCOC(=O)c1ccc2nc(Nc3ccc(Cl)c(Cl)c3)[nH]c2c1. The lowest BCUT2D eigenvalue weighted by molar-refractivity contribution is 0.0526. The highest BCUT2D eigenvalue weighted by atomic mass is 35.5. The van der Waals surface area contributed by atoms with E-state index in [0.29, 0.717) is 28.2 Å². The number of anilines is 2. The number of carbonyl (C=O) groups is 1. The molecule has 2 N–H and O–H groups in total. The zero-order valence-electron chi connectivity index (χ0n) is 12.2. The number of imidazole rings is 1. The summed E-state index contributed by atoms with van der Waals surface area (Å²) in [6.07, 6.45) is 0. The van der Waals surface area contributed by atoms with Crippen LogP contribution in [0.15, 0.2) is 36.4 Å². The van der Waals surface area contributed by atoms with Crippen molar-refractivity contribution in [2.45, 2.75) is 6.92 Å². The Balaban J connectivity index is 1.87. The van der Waals surface area contributed by atoms with Crippen molar-refractivity contribution in [1.82, 2.24) is 9.97 Å². The summed E-state index contributed by atoms with van der Waals surface area (Å²) < 4.78 is 4.99. The molecular weight excluding hydrogens is 337 g/mol. The fraction of sp³-hybridized carbons (Fsp3) is 0.125. The number of H-pyrrole nitrogens is 1. The minimum atomic E-state index is -0.358. The number of hydrogen-bond acceptors (Lipinski definition) is 4. The summed E-state index contributed by atoms with van der Waals surface area (Å²) in [5, 5.41) is 4.05. The molecule has 0 saturated carbocycles. The van der Waals surface area contributed by atoms with Gasteiger partial charge in [-0.05, 0) is 43.3 Å². The van der Waals surface area contributed by atoms with Gasteiger partial charge in [0.25, 0.3) is 0 Å². The van der Waals surface area contributed by atoms with Crippen molar-refractivity contribution in [3.8, 4) is 0 Å². The maximum absolute atomic E-state index is 11.8. The number of esters is 1. The van der Waals surface area contributed by atoms with E-state index in [2.05, 4.69) is 15.3 Å². The smallest absolute Gasteiger partial charge is 0.338 e. The first-order valence-electron chi connectivity index (χ1n) is 6.96. The number of halogens is 2. The number of fused-ring (bicyclic) bond motifs is 1. The van der Waals surface area contributed by atoms with Crippen molar-refractivity contribution in [1.29, 1.82) is 0 Å². The molecule has 23 heavy (non-hydrogen) atoms. The van der Waals surface area contributed by atoms with Gasteiger partial charge >= 0.3 is 5.97 Å². The third-order valence-electron chi connectivity index (χ3n) is 3.18. The number of nitrogens with one attached hydrogen (secondary N) is 2. The number of hydrogen-bond donors (Lipinski definition) is 2. The molecule has 0 aliphatic carbocycles. The second-order valence-corrected chi connectivity index (χ2v) is 5.61. The Hall–Kier alpha value is -2.24. The quantitative estimate of drug-likeness (QED) is 0.664. The largest absolute Gasteiger partial charge is 0.462 e. The minimum Gasteiger partial charge on any atom is -0.462 e. The molecule has 0 aliphatic rings. The Bertz CT molecular complexity index is 877. The van der Waals surface area contributed by atoms with Crippen molar-refractivity contribution in [3.63, 3.8) is 0 Å². The lowest BCUT2D eigenvalue weighted by Crippen LogP contribution is -2.04. The number of rotatable bonds is 4. The Morgan fingerprint density at radius 3 is 2.78 bits per heavy atom. The van der Waals surface area contributed by atoms with Crippen molar-refractivity contribution >= 4 is 51.8 Å². The highest BCUT2D eigenvalue weighted by Crippen LogP contribution is 2.27. The third-order valence-corrected chi connectivity index (χ3v) is 3.91. The number of ether oxygens (including phenoxy) is 1. The maximum atomic E-state index is 11.8. The summed E-state index contributed by atoms with van der Waals surface area (Å²) in [6, 6.07) is 10.4. The van der Waals surface area contributed by atoms with Crippen LogP contribution >= 0.6 is 23.2 Å². The number of carbonyl (C=O) groups excluding carboxylic acids is 1. The zero-order chi connectivity index (χ0) is 16.4. The van der Waals surface area contributed by atoms with Crippen molar-refractivity contribution in [2.24, 2.45) is 0 Å². The Kier molecular flexibility index (Phi) is 4.41. The summed E-state index contributed by atoms with van der Waals surface area (Å²) in [5.74, 6) is 0.183. The van der Waals surface area contributed by atoms with E-state index in [1.165, 1.54) is 0 Å². The molecule has 0 radical (unpaired) electrons. The number of aromatic amines is 1. The van der Waals surface area contributed by atoms with E-state index in [1.54, 1.807) is 43.3 Å². The van der Waals surface area contributed by atoms with Crippen LogP contribution in [0, 0.1) is 0 Å². The topological polar surface area (TPSA) is 67.0 Å². The highest BCUT2D eigenvalue weighted by molar-refractivity contribution is 6.42. The van der Waals surface area contributed by atoms with Crippen molar-refractivity contribution in [3.05, 3.63) is 52.0 Å². The van der Waals surface area contributed by atoms with E-state index in [-0.39, 0.29) is 5.97 Å². The lowest BCUT2D eigenvalue weighted by atomic mass is 10.2. The van der Waals surface area contributed by atoms with E-state index >= 15 is 0 Å². The van der Waals surface area contributed by atoms with Gasteiger partial charge in [-0.25, -0.2) is 9.78 Å². The van der Waals surface area contributed by atoms with Crippen LogP contribution in [0.5, 0.6) is 0 Å². The minimum absolute atomic E-state index is 0.337. The molecule has 3 rings (SSSR count). The number of nitrogens with zero attached hydrogens (tertiary/aromatic N) is 1. The van der Waals surface area contributed by atoms with Gasteiger partial charge in [0.05, 0.1) is 33.2 Å². The van der Waals surface area contributed by atoms with Gasteiger partial charge in [0.1, 0.15) is 0 Å². The summed E-state index contributed by atoms with van der Waals surface area (Å²) in [7, 11) is 0. The van der Waals surface area contributed by atoms with Gasteiger partial charge in [0.2, 0.25) is 5.95 Å². The fourth-order valence-corrected chi connectivity index (χ4v) is 2.42. The van der Waals surface area contributed by atoms with Gasteiger partial charge in [0.15, 0.2) is 0 Å². The summed E-state index contributed by atoms with van der Waals surface area (Å²) >= 11 is 11.9. The molecule has 0 unspecified atom stereocenters. The Morgan fingerprint density at radius 2 is 2.04 bits per heavy atom. The molecule has 2 aromatic carbocycles. The van der Waals surface area contributed by atoms with E-state index < -0.39 is 0 Å². The highest BCUT2D eigenvalue weighted by Gasteiger charge is 2.10. The molecule has 1 aromatic heterocycles. The van der Waals surface area contributed by atoms with Crippen LogP contribution in [0.4, 0.5) is 11.6 Å². The molecule has 0 fully saturated rings. The summed E-state index contributed by atoms with van der Waals surface area (Å²) in [5.41, 5.74) is 2.70. The van der Waals surface area contributed by atoms with Crippen LogP contribution in [-0.4, -0.2) is 22.5 Å². The third kappa shape index (κ3) is 3.41. The number of aromatic nitrogens is 2. The molecular formula is C16H13Cl2N3O2. The zero-order valence-corrected chi connectivity index (χ0v) is 13.7. The lowest BCUT2D eigenvalue weighted by Gasteiger charge is -2.03. The molecule has 3 aromatic rings. The molecule has 7 heteroatoms. The molecule has 0 atom stereocenters. The van der Waals surface area contributed by atoms with Gasteiger partial charge in [0, 0.05) is 5.69 Å². The van der Waals surface area contributed by atoms with Crippen molar-refractivity contribution < 1.29 is 9.53 Å². The van der Waals surface area contributed by atoms with E-state index in [9.17, 15) is 4.79 Å². The molecule has 0 spiro atoms. The summed E-state index contributed by atoms with van der Waals surface area (Å²) in [4.78, 5) is 19.3. The first-order chi connectivity index (χ1) is 11.1. The molecule has 0 bridgehead atoms. The molecule has 1 heterocycles. The molecule has 0 amide bonds. The summed E-state index contributed by atoms with van der Waals surface area (Å²) in [6.45, 7) is 2.11. The monoisotopic (exact) mass is 349 g/mol. The average Bonchev–Trinajstić information content (AvgIpc) is 2.92. The van der Waals surface area contributed by atoms with Crippen molar-refractivity contribution in [2.75, 3.05) is 11.9 Å². The second kappa shape index (κ2) is 6.48. The van der Waals surface area contributed by atoms with Gasteiger partial charge in [-0.2, -0.15) is 0 Å². The molecule has 0 saturated heterocycles. The number of benzene rings is 2. The predicted molar refractivity (Wildman–Crippen MR) is 91.8 cm³/mol. The molecule has 5 nitrogen and oxygen atoms in total. The standard InChI is InChI=1S/C16H13Cl2N3O2/c1-2-23-15(22)9-3-6-13-14(7-9)21-16(20-13)19-10-4-5-11(17)12(18)8-10/h3-8H,2H2,1H3,(H2,19,20,21). The van der Waals surface area contributed by atoms with E-state index in [1.807, 2.05) is 0 Å². The van der Waals surface area contributed by atoms with Crippen LogP contribution < -0.4 is 5.32 Å². The van der Waals surface area contributed by atoms with Crippen LogP contribution in [0.25, 0.3) is 11.0 Å².